The Bertz CT molecular complexity index is 509. The van der Waals surface area contributed by atoms with Crippen molar-refractivity contribution in [2.24, 2.45) is 5.92 Å². The van der Waals surface area contributed by atoms with Gasteiger partial charge < -0.3 is 10.0 Å². The van der Waals surface area contributed by atoms with Crippen LogP contribution in [0.5, 0.6) is 0 Å². The van der Waals surface area contributed by atoms with Crippen molar-refractivity contribution in [3.8, 4) is 0 Å². The fraction of sp³-hybridized carbons (Fsp3) is 0.500. The Morgan fingerprint density at radius 2 is 1.86 bits per heavy atom. The highest BCUT2D eigenvalue weighted by Gasteiger charge is 2.30. The molecule has 1 saturated carbocycles. The molecule has 0 spiro atoms. The second-order valence-corrected chi connectivity index (χ2v) is 5.58. The summed E-state index contributed by atoms with van der Waals surface area (Å²) in [6, 6.07) is 7.47. The van der Waals surface area contributed by atoms with Crippen molar-refractivity contribution in [2.45, 2.75) is 26.7 Å². The number of carbonyl (C=O) groups is 2. The molecule has 0 aromatic heterocycles. The van der Waals surface area contributed by atoms with Gasteiger partial charge in [-0.05, 0) is 44.7 Å². The molecular weight excluding hydrogens is 268 g/mol. The van der Waals surface area contributed by atoms with Gasteiger partial charge in [-0.3, -0.25) is 9.69 Å². The summed E-state index contributed by atoms with van der Waals surface area (Å²) < 4.78 is 0. The standard InChI is InChI=1S/C16H22N2O3/c1-3-18(14-8-4-12(2)5-9-14)16(21)17(11-15(19)20)10-13-6-7-13/h4-5,8-9,13H,3,6-7,10-11H2,1-2H3,(H,19,20). The van der Waals surface area contributed by atoms with Gasteiger partial charge in [0, 0.05) is 18.8 Å². The van der Waals surface area contributed by atoms with Gasteiger partial charge in [0.25, 0.3) is 0 Å². The average molecular weight is 290 g/mol. The molecule has 114 valence electrons. The highest BCUT2D eigenvalue weighted by atomic mass is 16.4. The summed E-state index contributed by atoms with van der Waals surface area (Å²) in [6.45, 7) is 4.70. The number of aliphatic carboxylic acids is 1. The van der Waals surface area contributed by atoms with Crippen LogP contribution >= 0.6 is 0 Å². The number of benzene rings is 1. The average Bonchev–Trinajstić information content (AvgIpc) is 3.24. The molecule has 0 bridgehead atoms. The summed E-state index contributed by atoms with van der Waals surface area (Å²) in [5.74, 6) is -0.506. The Kier molecular flexibility index (Phi) is 4.83. The largest absolute Gasteiger partial charge is 0.480 e. The van der Waals surface area contributed by atoms with Gasteiger partial charge in [-0.15, -0.1) is 0 Å². The van der Waals surface area contributed by atoms with Crippen LogP contribution in [0.15, 0.2) is 24.3 Å². The number of urea groups is 1. The lowest BCUT2D eigenvalue weighted by Crippen LogP contribution is -2.46. The van der Waals surface area contributed by atoms with E-state index in [1.54, 1.807) is 4.90 Å². The number of hydrogen-bond acceptors (Lipinski definition) is 2. The Hall–Kier alpha value is -2.04. The molecule has 1 aromatic rings. The van der Waals surface area contributed by atoms with E-state index in [1.165, 1.54) is 4.90 Å². The van der Waals surface area contributed by atoms with Crippen molar-refractivity contribution in [3.05, 3.63) is 29.8 Å². The van der Waals surface area contributed by atoms with Crippen LogP contribution in [0.1, 0.15) is 25.3 Å². The number of carbonyl (C=O) groups excluding carboxylic acids is 1. The van der Waals surface area contributed by atoms with Crippen LogP contribution in [0, 0.1) is 12.8 Å². The molecule has 0 radical (unpaired) electrons. The Labute approximate surface area is 125 Å². The fourth-order valence-corrected chi connectivity index (χ4v) is 2.31. The Balaban J connectivity index is 2.14. The molecule has 0 unspecified atom stereocenters. The van der Waals surface area contributed by atoms with Gasteiger partial charge in [-0.2, -0.15) is 0 Å². The molecule has 1 aromatic carbocycles. The summed E-state index contributed by atoms with van der Waals surface area (Å²) in [4.78, 5) is 26.7. The van der Waals surface area contributed by atoms with Gasteiger partial charge >= 0.3 is 12.0 Å². The third-order valence-corrected chi connectivity index (χ3v) is 3.66. The maximum absolute atomic E-state index is 12.6. The second-order valence-electron chi connectivity index (χ2n) is 5.58. The number of nitrogens with zero attached hydrogens (tertiary/aromatic N) is 2. The molecule has 1 fully saturated rings. The monoisotopic (exact) mass is 290 g/mol. The molecular formula is C16H22N2O3. The first-order chi connectivity index (χ1) is 10.0. The first-order valence-electron chi connectivity index (χ1n) is 7.36. The van der Waals surface area contributed by atoms with Gasteiger partial charge in [0.05, 0.1) is 0 Å². The van der Waals surface area contributed by atoms with Crippen molar-refractivity contribution in [3.63, 3.8) is 0 Å². The third kappa shape index (κ3) is 4.21. The van der Waals surface area contributed by atoms with Crippen molar-refractivity contribution < 1.29 is 14.7 Å². The van der Waals surface area contributed by atoms with Gasteiger partial charge in [-0.1, -0.05) is 17.7 Å². The molecule has 1 aliphatic carbocycles. The van der Waals surface area contributed by atoms with E-state index in [4.69, 9.17) is 5.11 Å². The molecule has 1 N–H and O–H groups in total. The van der Waals surface area contributed by atoms with E-state index in [9.17, 15) is 9.59 Å². The van der Waals surface area contributed by atoms with Crippen molar-refractivity contribution >= 4 is 17.7 Å². The number of hydrogen-bond donors (Lipinski definition) is 1. The third-order valence-electron chi connectivity index (χ3n) is 3.66. The number of amides is 2. The molecule has 2 rings (SSSR count). The second kappa shape index (κ2) is 6.61. The normalized spacial score (nSPS) is 13.8. The van der Waals surface area contributed by atoms with Crippen LogP contribution in [0.25, 0.3) is 0 Å². The topological polar surface area (TPSA) is 60.9 Å². The Morgan fingerprint density at radius 1 is 1.24 bits per heavy atom. The van der Waals surface area contributed by atoms with Crippen LogP contribution in [-0.2, 0) is 4.79 Å². The first kappa shape index (κ1) is 15.4. The minimum atomic E-state index is -0.969. The molecule has 0 aliphatic heterocycles. The summed E-state index contributed by atoms with van der Waals surface area (Å²) in [5, 5.41) is 9.02. The first-order valence-corrected chi connectivity index (χ1v) is 7.36. The number of rotatable bonds is 6. The zero-order valence-corrected chi connectivity index (χ0v) is 12.6. The maximum Gasteiger partial charge on any atom is 0.325 e. The maximum atomic E-state index is 12.6. The van der Waals surface area contributed by atoms with Crippen molar-refractivity contribution in [1.29, 1.82) is 0 Å². The highest BCUT2D eigenvalue weighted by molar-refractivity contribution is 5.93. The zero-order valence-electron chi connectivity index (χ0n) is 12.6. The number of carboxylic acid groups (broad SMARTS) is 1. The zero-order chi connectivity index (χ0) is 15.4. The van der Waals surface area contributed by atoms with E-state index in [1.807, 2.05) is 38.1 Å². The van der Waals surface area contributed by atoms with Crippen LogP contribution in [0.4, 0.5) is 10.5 Å². The molecule has 0 saturated heterocycles. The van der Waals surface area contributed by atoms with E-state index in [0.29, 0.717) is 19.0 Å². The lowest BCUT2D eigenvalue weighted by Gasteiger charge is -2.29. The Morgan fingerprint density at radius 3 is 2.33 bits per heavy atom. The minimum absolute atomic E-state index is 0.226. The van der Waals surface area contributed by atoms with Crippen LogP contribution < -0.4 is 4.90 Å². The number of anilines is 1. The molecule has 2 amide bonds. The van der Waals surface area contributed by atoms with Gasteiger partial charge in [0.2, 0.25) is 0 Å². The number of aryl methyl sites for hydroxylation is 1. The van der Waals surface area contributed by atoms with Crippen LogP contribution in [-0.4, -0.2) is 41.6 Å². The summed E-state index contributed by atoms with van der Waals surface area (Å²) in [6.07, 6.45) is 2.17. The van der Waals surface area contributed by atoms with Crippen molar-refractivity contribution in [2.75, 3.05) is 24.5 Å². The number of carboxylic acids is 1. The van der Waals surface area contributed by atoms with Crippen LogP contribution in [0.3, 0.4) is 0 Å². The SMILES string of the molecule is CCN(C(=O)N(CC(=O)O)CC1CC1)c1ccc(C)cc1. The van der Waals surface area contributed by atoms with Crippen molar-refractivity contribution in [1.82, 2.24) is 4.90 Å². The lowest BCUT2D eigenvalue weighted by atomic mass is 10.2. The highest BCUT2D eigenvalue weighted by Crippen LogP contribution is 2.30. The summed E-state index contributed by atoms with van der Waals surface area (Å²) in [5.41, 5.74) is 1.93. The van der Waals surface area contributed by atoms with E-state index in [-0.39, 0.29) is 12.6 Å². The van der Waals surface area contributed by atoms with E-state index >= 15 is 0 Å². The predicted octanol–water partition coefficient (Wildman–Crippen LogP) is 2.74. The van der Waals surface area contributed by atoms with E-state index in [0.717, 1.165) is 24.1 Å². The predicted molar refractivity (Wildman–Crippen MR) is 81.5 cm³/mol. The smallest absolute Gasteiger partial charge is 0.325 e. The summed E-state index contributed by atoms with van der Waals surface area (Å²) >= 11 is 0. The fourth-order valence-electron chi connectivity index (χ4n) is 2.31. The molecule has 21 heavy (non-hydrogen) atoms. The molecule has 0 atom stereocenters. The molecule has 5 nitrogen and oxygen atoms in total. The van der Waals surface area contributed by atoms with Gasteiger partial charge in [-0.25, -0.2) is 4.79 Å². The molecule has 0 heterocycles. The van der Waals surface area contributed by atoms with Gasteiger partial charge in [0.1, 0.15) is 6.54 Å². The minimum Gasteiger partial charge on any atom is -0.480 e. The summed E-state index contributed by atoms with van der Waals surface area (Å²) in [7, 11) is 0. The van der Waals surface area contributed by atoms with Crippen LogP contribution in [0.2, 0.25) is 0 Å². The quantitative estimate of drug-likeness (QED) is 0.876. The van der Waals surface area contributed by atoms with E-state index in [2.05, 4.69) is 0 Å². The molecule has 1 aliphatic rings. The lowest BCUT2D eigenvalue weighted by molar-refractivity contribution is -0.137. The van der Waals surface area contributed by atoms with E-state index < -0.39 is 5.97 Å². The van der Waals surface area contributed by atoms with Gasteiger partial charge in [0.15, 0.2) is 0 Å². The molecule has 5 heteroatoms.